The number of hydrogen-bond donors (Lipinski definition) is 1. The Hall–Kier alpha value is -0.820. The maximum atomic E-state index is 11.8. The van der Waals surface area contributed by atoms with E-state index in [-0.39, 0.29) is 17.4 Å². The number of amides is 1. The molecule has 0 radical (unpaired) electrons. The van der Waals surface area contributed by atoms with Crippen LogP contribution in [0, 0.1) is 0 Å². The second kappa shape index (κ2) is 6.96. The van der Waals surface area contributed by atoms with Gasteiger partial charge in [-0.25, -0.2) is 13.2 Å². The summed E-state index contributed by atoms with van der Waals surface area (Å²) < 4.78 is 28.6. The zero-order valence-electron chi connectivity index (χ0n) is 13.7. The number of nitrogens with one attached hydrogen (secondary N) is 1. The van der Waals surface area contributed by atoms with Gasteiger partial charge >= 0.3 is 6.09 Å². The number of rotatable bonds is 5. The minimum Gasteiger partial charge on any atom is -0.444 e. The maximum Gasteiger partial charge on any atom is 0.410 e. The molecule has 1 saturated carbocycles. The molecule has 0 aromatic rings. The molecule has 1 aliphatic carbocycles. The Morgan fingerprint density at radius 3 is 2.48 bits per heavy atom. The molecule has 21 heavy (non-hydrogen) atoms. The largest absolute Gasteiger partial charge is 0.444 e. The van der Waals surface area contributed by atoms with Gasteiger partial charge in [0.15, 0.2) is 9.84 Å². The van der Waals surface area contributed by atoms with Crippen LogP contribution in [0.3, 0.4) is 0 Å². The van der Waals surface area contributed by atoms with E-state index in [1.807, 2.05) is 20.8 Å². The van der Waals surface area contributed by atoms with Crippen LogP contribution in [-0.4, -0.2) is 62.7 Å². The van der Waals surface area contributed by atoms with Crippen molar-refractivity contribution in [2.24, 2.45) is 0 Å². The van der Waals surface area contributed by atoms with Gasteiger partial charge in [-0.3, -0.25) is 0 Å². The van der Waals surface area contributed by atoms with Gasteiger partial charge < -0.3 is 15.0 Å². The molecule has 1 aliphatic rings. The zero-order valence-corrected chi connectivity index (χ0v) is 14.5. The molecule has 0 bridgehead atoms. The third-order valence-electron chi connectivity index (χ3n) is 3.56. The van der Waals surface area contributed by atoms with Gasteiger partial charge in [0.25, 0.3) is 0 Å². The van der Waals surface area contributed by atoms with Gasteiger partial charge in [0.05, 0.1) is 5.25 Å². The van der Waals surface area contributed by atoms with Gasteiger partial charge in [-0.1, -0.05) is 6.42 Å². The first kappa shape index (κ1) is 18.2. The molecule has 1 rings (SSSR count). The van der Waals surface area contributed by atoms with Gasteiger partial charge in [0.1, 0.15) is 5.60 Å². The number of hydrogen-bond acceptors (Lipinski definition) is 5. The van der Waals surface area contributed by atoms with Crippen LogP contribution < -0.4 is 5.32 Å². The van der Waals surface area contributed by atoms with E-state index in [0.717, 1.165) is 19.3 Å². The van der Waals surface area contributed by atoms with Gasteiger partial charge in [0, 0.05) is 32.4 Å². The zero-order chi connectivity index (χ0) is 16.3. The predicted octanol–water partition coefficient (Wildman–Crippen LogP) is 1.41. The maximum absolute atomic E-state index is 11.8. The van der Waals surface area contributed by atoms with Crippen LogP contribution >= 0.6 is 0 Å². The highest BCUT2D eigenvalue weighted by Crippen LogP contribution is 2.24. The normalized spacial score (nSPS) is 23.1. The van der Waals surface area contributed by atoms with Crippen LogP contribution in [0.5, 0.6) is 0 Å². The Labute approximate surface area is 128 Å². The standard InChI is InChI=1S/C14H28N2O4S/c1-14(2,3)20-13(17)16(4)10-9-15-11-7-6-8-12(11)21(5,18)19/h11-12,15H,6-10H2,1-5H3. The van der Waals surface area contributed by atoms with Crippen LogP contribution in [0.4, 0.5) is 4.79 Å². The van der Waals surface area contributed by atoms with E-state index in [0.29, 0.717) is 13.1 Å². The molecule has 1 amide bonds. The lowest BCUT2D eigenvalue weighted by molar-refractivity contribution is 0.0299. The molecule has 2 atom stereocenters. The SMILES string of the molecule is CN(CCNC1CCCC1S(C)(=O)=O)C(=O)OC(C)(C)C. The van der Waals surface area contributed by atoms with Gasteiger partial charge in [-0.15, -0.1) is 0 Å². The van der Waals surface area contributed by atoms with E-state index in [9.17, 15) is 13.2 Å². The summed E-state index contributed by atoms with van der Waals surface area (Å²) >= 11 is 0. The number of carbonyl (C=O) groups excluding carboxylic acids is 1. The van der Waals surface area contributed by atoms with Crippen LogP contribution in [0.25, 0.3) is 0 Å². The number of carbonyl (C=O) groups is 1. The minimum atomic E-state index is -3.01. The second-order valence-corrected chi connectivity index (χ2v) is 9.03. The molecule has 0 aromatic heterocycles. The van der Waals surface area contributed by atoms with E-state index in [2.05, 4.69) is 5.32 Å². The van der Waals surface area contributed by atoms with Gasteiger partial charge in [-0.05, 0) is 33.6 Å². The summed E-state index contributed by atoms with van der Waals surface area (Å²) in [5.74, 6) is 0. The summed E-state index contributed by atoms with van der Waals surface area (Å²) in [4.78, 5) is 13.3. The smallest absolute Gasteiger partial charge is 0.410 e. The monoisotopic (exact) mass is 320 g/mol. The first-order valence-corrected chi connectivity index (χ1v) is 9.32. The summed E-state index contributed by atoms with van der Waals surface area (Å²) in [6, 6.07) is -0.00737. The average molecular weight is 320 g/mol. The summed E-state index contributed by atoms with van der Waals surface area (Å²) in [5.41, 5.74) is -0.508. The molecule has 0 aromatic carbocycles. The summed E-state index contributed by atoms with van der Waals surface area (Å²) in [6.07, 6.45) is 3.45. The highest BCUT2D eigenvalue weighted by atomic mass is 32.2. The van der Waals surface area contributed by atoms with Crippen molar-refractivity contribution in [2.45, 2.75) is 56.9 Å². The van der Waals surface area contributed by atoms with Crippen molar-refractivity contribution in [3.63, 3.8) is 0 Å². The molecule has 1 fully saturated rings. The fraction of sp³-hybridized carbons (Fsp3) is 0.929. The van der Waals surface area contributed by atoms with E-state index in [4.69, 9.17) is 4.74 Å². The Morgan fingerprint density at radius 1 is 1.33 bits per heavy atom. The summed E-state index contributed by atoms with van der Waals surface area (Å²) in [7, 11) is -1.33. The quantitative estimate of drug-likeness (QED) is 0.829. The first-order chi connectivity index (χ1) is 9.50. The van der Waals surface area contributed by atoms with Crippen molar-refractivity contribution >= 4 is 15.9 Å². The summed E-state index contributed by atoms with van der Waals surface area (Å²) in [5, 5.41) is 2.96. The molecule has 124 valence electrons. The van der Waals surface area contributed by atoms with Crippen molar-refractivity contribution in [2.75, 3.05) is 26.4 Å². The number of likely N-dealkylation sites (N-methyl/N-ethyl adjacent to an activating group) is 1. The Bertz CT molecular complexity index is 456. The average Bonchev–Trinajstić information content (AvgIpc) is 2.74. The van der Waals surface area contributed by atoms with Crippen LogP contribution in [0.15, 0.2) is 0 Å². The highest BCUT2D eigenvalue weighted by molar-refractivity contribution is 7.91. The lowest BCUT2D eigenvalue weighted by atomic mass is 10.2. The lowest BCUT2D eigenvalue weighted by Crippen LogP contribution is -2.44. The highest BCUT2D eigenvalue weighted by Gasteiger charge is 2.34. The van der Waals surface area contributed by atoms with Crippen LogP contribution in [0.2, 0.25) is 0 Å². The topological polar surface area (TPSA) is 75.7 Å². The minimum absolute atomic E-state index is 0.00737. The van der Waals surface area contributed by atoms with Crippen molar-refractivity contribution < 1.29 is 17.9 Å². The van der Waals surface area contributed by atoms with Gasteiger partial charge in [0.2, 0.25) is 0 Å². The molecule has 6 nitrogen and oxygen atoms in total. The second-order valence-electron chi connectivity index (χ2n) is 6.76. The molecule has 1 N–H and O–H groups in total. The molecule has 0 heterocycles. The molecular weight excluding hydrogens is 292 g/mol. The van der Waals surface area contributed by atoms with E-state index in [1.54, 1.807) is 7.05 Å². The van der Waals surface area contributed by atoms with Crippen molar-refractivity contribution in [1.82, 2.24) is 10.2 Å². The molecule has 0 spiro atoms. The molecular formula is C14H28N2O4S. The first-order valence-electron chi connectivity index (χ1n) is 7.37. The Kier molecular flexibility index (Phi) is 6.04. The van der Waals surface area contributed by atoms with E-state index >= 15 is 0 Å². The van der Waals surface area contributed by atoms with Crippen molar-refractivity contribution in [3.8, 4) is 0 Å². The fourth-order valence-corrected chi connectivity index (χ4v) is 3.94. The number of ether oxygens (including phenoxy) is 1. The summed E-state index contributed by atoms with van der Waals surface area (Å²) in [6.45, 7) is 6.53. The van der Waals surface area contributed by atoms with Crippen molar-refractivity contribution in [3.05, 3.63) is 0 Å². The van der Waals surface area contributed by atoms with Crippen molar-refractivity contribution in [1.29, 1.82) is 0 Å². The lowest BCUT2D eigenvalue weighted by Gasteiger charge is -2.26. The third-order valence-corrected chi connectivity index (χ3v) is 5.23. The van der Waals surface area contributed by atoms with E-state index < -0.39 is 15.4 Å². The van der Waals surface area contributed by atoms with E-state index in [1.165, 1.54) is 11.2 Å². The van der Waals surface area contributed by atoms with Crippen LogP contribution in [0.1, 0.15) is 40.0 Å². The molecule has 2 unspecified atom stereocenters. The van der Waals surface area contributed by atoms with Crippen LogP contribution in [-0.2, 0) is 14.6 Å². The Balaban J connectivity index is 2.38. The Morgan fingerprint density at radius 2 is 1.95 bits per heavy atom. The van der Waals surface area contributed by atoms with Gasteiger partial charge in [-0.2, -0.15) is 0 Å². The number of sulfone groups is 1. The molecule has 7 heteroatoms. The fourth-order valence-electron chi connectivity index (χ4n) is 2.52. The number of nitrogens with zero attached hydrogens (tertiary/aromatic N) is 1. The molecule has 0 aliphatic heterocycles. The predicted molar refractivity (Wildman–Crippen MR) is 83.1 cm³/mol. The third kappa shape index (κ3) is 6.22. The molecule has 0 saturated heterocycles.